The molecule has 9 aromatic carbocycles. The van der Waals surface area contributed by atoms with Crippen LogP contribution in [0.4, 0.5) is 17.1 Å². The minimum atomic E-state index is -0.143. The summed E-state index contributed by atoms with van der Waals surface area (Å²) in [5.41, 5.74) is 18.9. The van der Waals surface area contributed by atoms with E-state index in [1.54, 1.807) is 0 Å². The van der Waals surface area contributed by atoms with Crippen molar-refractivity contribution in [1.29, 1.82) is 0 Å². The van der Waals surface area contributed by atoms with E-state index in [1.165, 1.54) is 38.6 Å². The van der Waals surface area contributed by atoms with Gasteiger partial charge in [-0.1, -0.05) is 153 Å². The summed E-state index contributed by atoms with van der Waals surface area (Å²) in [4.78, 5) is 2.48. The predicted octanol–water partition coefficient (Wildman–Crippen LogP) is 17.6. The van der Waals surface area contributed by atoms with Crippen LogP contribution >= 0.6 is 0 Å². The normalized spacial score (nSPS) is 15.1. The quantitative estimate of drug-likeness (QED) is 0.167. The zero-order valence-electron chi connectivity index (χ0n) is 37.2. The average molecular weight is 861 g/mol. The molecule has 4 nitrogen and oxygen atoms in total. The zero-order chi connectivity index (χ0) is 44.4. The summed E-state index contributed by atoms with van der Waals surface area (Å²) in [7, 11) is 0. The lowest BCUT2D eigenvalue weighted by Crippen LogP contribution is -2.16. The summed E-state index contributed by atoms with van der Waals surface area (Å²) in [6, 6.07) is 68.6. The molecule has 67 heavy (non-hydrogen) atoms. The fourth-order valence-electron chi connectivity index (χ4n) is 11.5. The lowest BCUT2D eigenvalue weighted by atomic mass is 9.82. The summed E-state index contributed by atoms with van der Waals surface area (Å²) in [6.07, 6.45) is 9.89. The van der Waals surface area contributed by atoms with Gasteiger partial charge < -0.3 is 18.3 Å². The van der Waals surface area contributed by atoms with Crippen LogP contribution in [0.15, 0.2) is 221 Å². The lowest BCUT2D eigenvalue weighted by Gasteiger charge is -2.29. The van der Waals surface area contributed by atoms with Gasteiger partial charge in [-0.2, -0.15) is 0 Å². The third kappa shape index (κ3) is 5.60. The minimum absolute atomic E-state index is 0.143. The Morgan fingerprint density at radius 3 is 2.09 bits per heavy atom. The molecule has 12 aromatic rings. The molecule has 0 amide bonds. The number of anilines is 3. The molecule has 2 aliphatic rings. The molecule has 0 saturated carbocycles. The molecule has 0 radical (unpaired) electrons. The molecule has 4 heteroatoms. The molecule has 0 saturated heterocycles. The summed E-state index contributed by atoms with van der Waals surface area (Å²) >= 11 is 0. The van der Waals surface area contributed by atoms with Gasteiger partial charge in [0.25, 0.3) is 0 Å². The first-order chi connectivity index (χ1) is 33.0. The van der Waals surface area contributed by atoms with Crippen molar-refractivity contribution in [2.75, 3.05) is 4.90 Å². The van der Waals surface area contributed by atoms with Crippen LogP contribution < -0.4 is 4.90 Å². The van der Waals surface area contributed by atoms with Gasteiger partial charge in [0.15, 0.2) is 5.58 Å². The second-order valence-corrected chi connectivity index (χ2v) is 18.8. The number of furan rings is 2. The highest BCUT2D eigenvalue weighted by molar-refractivity contribution is 6.16. The summed E-state index contributed by atoms with van der Waals surface area (Å²) < 4.78 is 15.7. The molecular formula is C63H44N2O2. The highest BCUT2D eigenvalue weighted by Gasteiger charge is 2.38. The van der Waals surface area contributed by atoms with E-state index in [9.17, 15) is 0 Å². The van der Waals surface area contributed by atoms with Crippen LogP contribution in [0, 0.1) is 0 Å². The Balaban J connectivity index is 0.956. The second-order valence-electron chi connectivity index (χ2n) is 18.8. The zero-order valence-corrected chi connectivity index (χ0v) is 37.2. The highest BCUT2D eigenvalue weighted by atomic mass is 16.3. The first-order valence-electron chi connectivity index (χ1n) is 23.4. The number of benzene rings is 9. The molecule has 0 bridgehead atoms. The van der Waals surface area contributed by atoms with Crippen molar-refractivity contribution < 1.29 is 8.83 Å². The molecule has 3 aromatic heterocycles. The highest BCUT2D eigenvalue weighted by Crippen LogP contribution is 2.55. The number of hydrogen-bond donors (Lipinski definition) is 0. The van der Waals surface area contributed by atoms with Crippen molar-refractivity contribution in [3.63, 3.8) is 0 Å². The summed E-state index contributed by atoms with van der Waals surface area (Å²) in [5.74, 6) is 0.363. The minimum Gasteiger partial charge on any atom is -0.456 e. The Hall–Kier alpha value is -8.34. The van der Waals surface area contributed by atoms with Crippen molar-refractivity contribution in [3.8, 4) is 27.9 Å². The van der Waals surface area contributed by atoms with Crippen molar-refractivity contribution in [3.05, 3.63) is 229 Å². The third-order valence-corrected chi connectivity index (χ3v) is 14.7. The van der Waals surface area contributed by atoms with Crippen molar-refractivity contribution in [2.45, 2.75) is 31.6 Å². The van der Waals surface area contributed by atoms with Gasteiger partial charge in [-0.3, -0.25) is 0 Å². The molecular weight excluding hydrogens is 817 g/mol. The molecule has 0 N–H and O–H groups in total. The van der Waals surface area contributed by atoms with Crippen LogP contribution in [0.5, 0.6) is 0 Å². The topological polar surface area (TPSA) is 34.5 Å². The molecule has 318 valence electrons. The molecule has 0 spiro atoms. The van der Waals surface area contributed by atoms with E-state index in [2.05, 4.69) is 230 Å². The first-order valence-corrected chi connectivity index (χ1v) is 23.4. The van der Waals surface area contributed by atoms with Crippen LogP contribution in [0.25, 0.3) is 93.6 Å². The smallest absolute Gasteiger partial charge is 0.159 e. The molecule has 3 heterocycles. The van der Waals surface area contributed by atoms with E-state index < -0.39 is 0 Å². The second kappa shape index (κ2) is 14.3. The Bertz CT molecular complexity index is 4060. The lowest BCUT2D eigenvalue weighted by molar-refractivity contribution is 0.660. The maximum atomic E-state index is 6.77. The molecule has 2 aliphatic carbocycles. The number of para-hydroxylation sites is 3. The van der Waals surface area contributed by atoms with Gasteiger partial charge in [0.2, 0.25) is 0 Å². The van der Waals surface area contributed by atoms with E-state index in [1.807, 2.05) is 6.07 Å². The molecule has 0 aliphatic heterocycles. The standard InChI is InChI=1S/C63H44N2O2/c1-63(2)50-21-9-6-19-47(50)60-51(63)22-13-24-54(60)64(43-33-29-40(30-34-43)39-15-4-3-5-16-39)55-25-14-28-59-61(55)49-38-42(32-36-58(49)66-59)41-31-35-53-48(37-41)44-17-7-10-23-52(44)65(53)56-26-12-20-46-45-18-8-11-27-57(45)67-62(46)56/h3-15,17-39H,16H2,1-2H3. The molecule has 1 atom stereocenters. The van der Waals surface area contributed by atoms with Gasteiger partial charge in [0, 0.05) is 49.5 Å². The fraction of sp³-hybridized carbons (Fsp3) is 0.0794. The number of aromatic nitrogens is 1. The largest absolute Gasteiger partial charge is 0.456 e. The average Bonchev–Trinajstić information content (AvgIpc) is 4.11. The van der Waals surface area contributed by atoms with Crippen LogP contribution in [-0.2, 0) is 5.41 Å². The molecule has 1 unspecified atom stereocenters. The third-order valence-electron chi connectivity index (χ3n) is 14.7. The van der Waals surface area contributed by atoms with E-state index in [0.717, 1.165) is 95.2 Å². The van der Waals surface area contributed by atoms with Gasteiger partial charge >= 0.3 is 0 Å². The number of rotatable bonds is 6. The number of allylic oxidation sites excluding steroid dienone is 4. The van der Waals surface area contributed by atoms with Crippen molar-refractivity contribution >= 4 is 82.7 Å². The van der Waals surface area contributed by atoms with Gasteiger partial charge in [-0.05, 0) is 113 Å². The van der Waals surface area contributed by atoms with E-state index >= 15 is 0 Å². The Morgan fingerprint density at radius 1 is 0.522 bits per heavy atom. The summed E-state index contributed by atoms with van der Waals surface area (Å²) in [6.45, 7) is 4.71. The first kappa shape index (κ1) is 38.0. The van der Waals surface area contributed by atoms with Gasteiger partial charge in [0.1, 0.15) is 16.7 Å². The van der Waals surface area contributed by atoms with Crippen molar-refractivity contribution in [1.82, 2.24) is 4.57 Å². The molecule has 14 rings (SSSR count). The van der Waals surface area contributed by atoms with Gasteiger partial charge in [-0.15, -0.1) is 0 Å². The van der Waals surface area contributed by atoms with Crippen molar-refractivity contribution in [2.24, 2.45) is 0 Å². The molecule has 0 fully saturated rings. The van der Waals surface area contributed by atoms with E-state index in [0.29, 0.717) is 5.92 Å². The Morgan fingerprint density at radius 2 is 1.21 bits per heavy atom. The number of fused-ring (bicyclic) bond motifs is 12. The maximum Gasteiger partial charge on any atom is 0.159 e. The van der Waals surface area contributed by atoms with Gasteiger partial charge in [-0.25, -0.2) is 0 Å². The monoisotopic (exact) mass is 860 g/mol. The Kier molecular flexibility index (Phi) is 8.12. The predicted molar refractivity (Wildman–Crippen MR) is 279 cm³/mol. The SMILES string of the molecule is CC1(C)c2ccccc2-c2c(N(c3ccc(C4C=CC=CC4)cc3)c3cccc4oc5ccc(-c6ccc7c(c6)c6ccccc6n7-c6cccc7c6oc6ccccc67)cc5c34)cccc21. The van der Waals surface area contributed by atoms with E-state index in [-0.39, 0.29) is 5.41 Å². The van der Waals surface area contributed by atoms with Crippen LogP contribution in [-0.4, -0.2) is 4.57 Å². The maximum absolute atomic E-state index is 6.77. The number of nitrogens with zero attached hydrogens (tertiary/aromatic N) is 2. The van der Waals surface area contributed by atoms with Crippen LogP contribution in [0.1, 0.15) is 42.9 Å². The van der Waals surface area contributed by atoms with E-state index in [4.69, 9.17) is 8.83 Å². The van der Waals surface area contributed by atoms with Crippen LogP contribution in [0.2, 0.25) is 0 Å². The number of hydrogen-bond acceptors (Lipinski definition) is 3. The Labute approximate surface area is 387 Å². The van der Waals surface area contributed by atoms with Gasteiger partial charge in [0.05, 0.1) is 33.5 Å². The van der Waals surface area contributed by atoms with Crippen LogP contribution in [0.3, 0.4) is 0 Å². The fourth-order valence-corrected chi connectivity index (χ4v) is 11.5. The summed E-state index contributed by atoms with van der Waals surface area (Å²) in [5, 5.41) is 6.80.